The largest absolute Gasteiger partial charge is 0.354 e. The van der Waals surface area contributed by atoms with E-state index in [0.717, 1.165) is 47.1 Å². The van der Waals surface area contributed by atoms with E-state index in [1.54, 1.807) is 4.90 Å². The van der Waals surface area contributed by atoms with Gasteiger partial charge in [-0.05, 0) is 42.7 Å². The Morgan fingerprint density at radius 3 is 2.30 bits per heavy atom. The second kappa shape index (κ2) is 9.53. The summed E-state index contributed by atoms with van der Waals surface area (Å²) in [5.41, 5.74) is 4.78. The quantitative estimate of drug-likeness (QED) is 0.589. The van der Waals surface area contributed by atoms with Crippen molar-refractivity contribution in [2.24, 2.45) is 4.99 Å². The van der Waals surface area contributed by atoms with Gasteiger partial charge in [0.2, 0.25) is 0 Å². The first-order valence-electron chi connectivity index (χ1n) is 8.51. The van der Waals surface area contributed by atoms with E-state index in [1.165, 1.54) is 0 Å². The Labute approximate surface area is 171 Å². The first-order chi connectivity index (χ1) is 12.6. The standard InChI is InChI=1S/C19H23N5OS.ClH/c1-13-10-16(11-14(2)17(13)22-18-20-8-9-21-18)24(19(25)23-26)12-15-6-4-3-5-7-15;/h3-7,10-11,26H,8-9,12H2,1-2H3,(H,23,25)(H2,20,21,22);1H. The average Bonchev–Trinajstić information content (AvgIpc) is 3.16. The van der Waals surface area contributed by atoms with E-state index < -0.39 is 0 Å². The molecular formula is C19H24ClN5OS. The zero-order valence-electron chi connectivity index (χ0n) is 15.3. The molecule has 0 unspecified atom stereocenters. The average molecular weight is 406 g/mol. The number of nitrogens with zero attached hydrogens (tertiary/aromatic N) is 2. The molecule has 3 N–H and O–H groups in total. The third kappa shape index (κ3) is 5.08. The van der Waals surface area contributed by atoms with Gasteiger partial charge in [-0.3, -0.25) is 9.62 Å². The summed E-state index contributed by atoms with van der Waals surface area (Å²) in [6, 6.07) is 13.6. The van der Waals surface area contributed by atoms with Crippen LogP contribution in [0.15, 0.2) is 47.5 Å². The van der Waals surface area contributed by atoms with E-state index in [2.05, 4.69) is 33.2 Å². The van der Waals surface area contributed by atoms with Crippen molar-refractivity contribution in [1.82, 2.24) is 15.4 Å². The van der Waals surface area contributed by atoms with Crippen molar-refractivity contribution in [2.75, 3.05) is 18.0 Å². The zero-order chi connectivity index (χ0) is 18.5. The number of nitrogens with one attached hydrogen (secondary N) is 3. The number of benzene rings is 2. The normalized spacial score (nSPS) is 12.5. The van der Waals surface area contributed by atoms with Crippen molar-refractivity contribution < 1.29 is 4.79 Å². The van der Waals surface area contributed by atoms with Crippen LogP contribution in [0.4, 0.5) is 16.2 Å². The number of carbonyl (C=O) groups is 1. The van der Waals surface area contributed by atoms with E-state index in [4.69, 9.17) is 0 Å². The van der Waals surface area contributed by atoms with Gasteiger partial charge in [0.05, 0.1) is 12.2 Å². The maximum absolute atomic E-state index is 12.4. The van der Waals surface area contributed by atoms with E-state index in [-0.39, 0.29) is 18.4 Å². The lowest BCUT2D eigenvalue weighted by atomic mass is 10.1. The lowest BCUT2D eigenvalue weighted by Gasteiger charge is -2.23. The van der Waals surface area contributed by atoms with E-state index in [0.29, 0.717) is 6.54 Å². The van der Waals surface area contributed by atoms with Crippen LogP contribution in [0.3, 0.4) is 0 Å². The van der Waals surface area contributed by atoms with Crippen LogP contribution >= 0.6 is 25.2 Å². The first-order valence-corrected chi connectivity index (χ1v) is 8.96. The molecule has 0 radical (unpaired) electrons. The second-order valence-corrected chi connectivity index (χ2v) is 6.45. The number of thiol groups is 1. The number of rotatable bonds is 4. The third-order valence-electron chi connectivity index (χ3n) is 4.25. The van der Waals surface area contributed by atoms with Crippen molar-refractivity contribution in [3.63, 3.8) is 0 Å². The van der Waals surface area contributed by atoms with Gasteiger partial charge in [-0.25, -0.2) is 9.79 Å². The van der Waals surface area contributed by atoms with Gasteiger partial charge in [0.1, 0.15) is 0 Å². The maximum Gasteiger partial charge on any atom is 0.331 e. The van der Waals surface area contributed by atoms with Crippen molar-refractivity contribution in [3.05, 3.63) is 59.2 Å². The number of hydrogen-bond donors (Lipinski definition) is 4. The minimum absolute atomic E-state index is 0. The minimum atomic E-state index is -0.269. The van der Waals surface area contributed by atoms with Crippen molar-refractivity contribution in [3.8, 4) is 0 Å². The van der Waals surface area contributed by atoms with Crippen LogP contribution in [0.5, 0.6) is 0 Å². The van der Waals surface area contributed by atoms with Crippen LogP contribution < -0.4 is 20.3 Å². The first kappa shape index (κ1) is 20.9. The van der Waals surface area contributed by atoms with Crippen LogP contribution in [0, 0.1) is 13.8 Å². The molecule has 2 aromatic carbocycles. The van der Waals surface area contributed by atoms with E-state index >= 15 is 0 Å². The number of aryl methyl sites for hydroxylation is 2. The summed E-state index contributed by atoms with van der Waals surface area (Å²) in [6.07, 6.45) is 0. The molecule has 0 aromatic heterocycles. The summed E-state index contributed by atoms with van der Waals surface area (Å²) in [5.74, 6) is 0.790. The van der Waals surface area contributed by atoms with Gasteiger partial charge >= 0.3 is 6.03 Å². The zero-order valence-corrected chi connectivity index (χ0v) is 17.0. The van der Waals surface area contributed by atoms with Gasteiger partial charge < -0.3 is 10.6 Å². The monoisotopic (exact) mass is 405 g/mol. The summed E-state index contributed by atoms with van der Waals surface area (Å²) < 4.78 is 2.43. The molecular weight excluding hydrogens is 382 g/mol. The van der Waals surface area contributed by atoms with Crippen molar-refractivity contribution in [2.45, 2.75) is 20.4 Å². The Balaban J connectivity index is 0.00000261. The molecule has 6 nitrogen and oxygen atoms in total. The summed E-state index contributed by atoms with van der Waals surface area (Å²) >= 11 is 3.94. The summed E-state index contributed by atoms with van der Waals surface area (Å²) in [7, 11) is 0. The molecule has 1 heterocycles. The van der Waals surface area contributed by atoms with Crippen molar-refractivity contribution >= 4 is 48.6 Å². The number of amides is 2. The predicted octanol–water partition coefficient (Wildman–Crippen LogP) is 3.47. The topological polar surface area (TPSA) is 68.8 Å². The molecule has 1 fully saturated rings. The fourth-order valence-electron chi connectivity index (χ4n) is 2.99. The summed E-state index contributed by atoms with van der Waals surface area (Å²) in [6.45, 7) is 6.22. The molecule has 0 saturated carbocycles. The highest BCUT2D eigenvalue weighted by molar-refractivity contribution is 7.78. The van der Waals surface area contributed by atoms with Crippen LogP contribution in [0.1, 0.15) is 16.7 Å². The number of urea groups is 1. The summed E-state index contributed by atoms with van der Waals surface area (Å²) in [5, 5.41) is 6.42. The molecule has 1 saturated heterocycles. The molecule has 8 heteroatoms. The number of hydrogen-bond acceptors (Lipinski definition) is 3. The predicted molar refractivity (Wildman–Crippen MR) is 116 cm³/mol. The lowest BCUT2D eigenvalue weighted by Crippen LogP contribution is -2.35. The molecule has 0 spiro atoms. The SMILES string of the molecule is Cc1cc(N(Cc2ccccc2)C(=O)NS)cc(C)c1N=C1NCCN1.Cl. The van der Waals surface area contributed by atoms with Crippen LogP contribution in [-0.4, -0.2) is 25.1 Å². The van der Waals surface area contributed by atoms with Gasteiger partial charge in [-0.2, -0.15) is 0 Å². The molecule has 0 bridgehead atoms. The Hall–Kier alpha value is -2.38. The molecule has 0 aliphatic carbocycles. The van der Waals surface area contributed by atoms with Gasteiger partial charge in [-0.15, -0.1) is 12.4 Å². The molecule has 2 amide bonds. The molecule has 1 aliphatic rings. The second-order valence-electron chi connectivity index (χ2n) is 6.23. The number of aliphatic imine (C=N–C) groups is 1. The van der Waals surface area contributed by atoms with Crippen molar-refractivity contribution in [1.29, 1.82) is 0 Å². The maximum atomic E-state index is 12.4. The Morgan fingerprint density at radius 2 is 1.74 bits per heavy atom. The van der Waals surface area contributed by atoms with Gasteiger partial charge in [0, 0.05) is 18.8 Å². The Morgan fingerprint density at radius 1 is 1.15 bits per heavy atom. The lowest BCUT2D eigenvalue weighted by molar-refractivity contribution is 0.251. The van der Waals surface area contributed by atoms with Crippen LogP contribution in [0.2, 0.25) is 0 Å². The fourth-order valence-corrected chi connectivity index (χ4v) is 3.11. The highest BCUT2D eigenvalue weighted by atomic mass is 35.5. The van der Waals surface area contributed by atoms with Crippen LogP contribution in [-0.2, 0) is 6.54 Å². The number of carbonyl (C=O) groups excluding carboxylic acids is 1. The smallest absolute Gasteiger partial charge is 0.331 e. The molecule has 27 heavy (non-hydrogen) atoms. The number of guanidine groups is 1. The highest BCUT2D eigenvalue weighted by Crippen LogP contribution is 2.30. The molecule has 2 aromatic rings. The van der Waals surface area contributed by atoms with Gasteiger partial charge in [-0.1, -0.05) is 43.1 Å². The summed E-state index contributed by atoms with van der Waals surface area (Å²) in [4.78, 5) is 18.7. The third-order valence-corrected chi connectivity index (χ3v) is 4.44. The molecule has 1 aliphatic heterocycles. The minimum Gasteiger partial charge on any atom is -0.354 e. The van der Waals surface area contributed by atoms with Crippen LogP contribution in [0.25, 0.3) is 0 Å². The molecule has 144 valence electrons. The van der Waals surface area contributed by atoms with E-state index in [9.17, 15) is 4.79 Å². The molecule has 3 rings (SSSR count). The van der Waals surface area contributed by atoms with Gasteiger partial charge in [0.15, 0.2) is 5.96 Å². The Kier molecular flexibility index (Phi) is 7.38. The highest BCUT2D eigenvalue weighted by Gasteiger charge is 2.18. The molecule has 0 atom stereocenters. The Bertz CT molecular complexity index is 797. The fraction of sp³-hybridized carbons (Fsp3) is 0.263. The van der Waals surface area contributed by atoms with E-state index in [1.807, 2.05) is 56.3 Å². The van der Waals surface area contributed by atoms with Gasteiger partial charge in [0.25, 0.3) is 0 Å². The number of anilines is 1. The number of halogens is 1.